The molecule has 0 saturated carbocycles. The Bertz CT molecular complexity index is 1110. The molecule has 0 fully saturated rings. The number of nitrogens with zero attached hydrogens (tertiary/aromatic N) is 2. The normalized spacial score (nSPS) is 12.9. The molecule has 8 nitrogen and oxygen atoms in total. The van der Waals surface area contributed by atoms with Crippen LogP contribution in [0, 0.1) is 5.82 Å². The SMILES string of the molecule is O=C(O)Cc1cn(C[C@H](CCO)NS(=O)(=O)c2ccc(F)cc2)c2ncccc12. The highest BCUT2D eigenvalue weighted by molar-refractivity contribution is 7.89. The molecule has 29 heavy (non-hydrogen) atoms. The molecule has 0 aliphatic rings. The van der Waals surface area contributed by atoms with Crippen molar-refractivity contribution in [2.75, 3.05) is 6.61 Å². The van der Waals surface area contributed by atoms with Crippen molar-refractivity contribution >= 4 is 27.0 Å². The molecule has 0 saturated heterocycles. The van der Waals surface area contributed by atoms with E-state index in [4.69, 9.17) is 5.11 Å². The number of aromatic nitrogens is 2. The number of pyridine rings is 1. The summed E-state index contributed by atoms with van der Waals surface area (Å²) in [4.78, 5) is 15.3. The van der Waals surface area contributed by atoms with E-state index in [0.717, 1.165) is 24.3 Å². The van der Waals surface area contributed by atoms with E-state index in [9.17, 15) is 22.7 Å². The number of nitrogens with one attached hydrogen (secondary N) is 1. The standard InChI is InChI=1S/C19H20FN3O5S/c20-14-3-5-16(6-4-14)29(27,28)22-15(7-9-24)12-23-11-13(10-18(25)26)17-2-1-8-21-19(17)23/h1-6,8,11,15,22,24H,7,9-10,12H2,(H,25,26)/t15-/m0/s1. The smallest absolute Gasteiger partial charge is 0.307 e. The van der Waals surface area contributed by atoms with E-state index in [1.807, 2.05) is 0 Å². The lowest BCUT2D eigenvalue weighted by Crippen LogP contribution is -2.38. The van der Waals surface area contributed by atoms with Crippen LogP contribution in [0.1, 0.15) is 12.0 Å². The summed E-state index contributed by atoms with van der Waals surface area (Å²) >= 11 is 0. The van der Waals surface area contributed by atoms with Gasteiger partial charge >= 0.3 is 5.97 Å². The molecule has 2 aromatic heterocycles. The fraction of sp³-hybridized carbons (Fsp3) is 0.263. The van der Waals surface area contributed by atoms with Crippen molar-refractivity contribution in [1.82, 2.24) is 14.3 Å². The average Bonchev–Trinajstić information content (AvgIpc) is 2.99. The zero-order chi connectivity index (χ0) is 21.0. The van der Waals surface area contributed by atoms with E-state index in [0.29, 0.717) is 16.6 Å². The molecule has 1 aromatic carbocycles. The van der Waals surface area contributed by atoms with E-state index >= 15 is 0 Å². The Kier molecular flexibility index (Phi) is 6.26. The Morgan fingerprint density at radius 1 is 1.24 bits per heavy atom. The van der Waals surface area contributed by atoms with Gasteiger partial charge in [0.05, 0.1) is 11.3 Å². The van der Waals surface area contributed by atoms with Gasteiger partial charge in [0.2, 0.25) is 10.0 Å². The van der Waals surface area contributed by atoms with Gasteiger partial charge in [0.25, 0.3) is 0 Å². The van der Waals surface area contributed by atoms with Crippen molar-refractivity contribution in [2.24, 2.45) is 0 Å². The van der Waals surface area contributed by atoms with Crippen molar-refractivity contribution < 1.29 is 27.8 Å². The minimum atomic E-state index is -3.94. The summed E-state index contributed by atoms with van der Waals surface area (Å²) in [5, 5.41) is 19.2. The second kappa shape index (κ2) is 8.68. The molecule has 0 bridgehead atoms. The second-order valence-electron chi connectivity index (χ2n) is 6.54. The van der Waals surface area contributed by atoms with Crippen molar-refractivity contribution in [3.63, 3.8) is 0 Å². The van der Waals surface area contributed by atoms with E-state index in [1.165, 1.54) is 0 Å². The first-order chi connectivity index (χ1) is 13.8. The third-order valence-corrected chi connectivity index (χ3v) is 5.93. The summed E-state index contributed by atoms with van der Waals surface area (Å²) in [7, 11) is -3.94. The van der Waals surface area contributed by atoms with Crippen LogP contribution in [0.15, 0.2) is 53.7 Å². The van der Waals surface area contributed by atoms with Crippen LogP contribution in [-0.2, 0) is 27.8 Å². The first kappa shape index (κ1) is 20.9. The Labute approximate surface area is 166 Å². The molecule has 3 N–H and O–H groups in total. The van der Waals surface area contributed by atoms with E-state index < -0.39 is 27.9 Å². The Morgan fingerprint density at radius 2 is 1.97 bits per heavy atom. The lowest BCUT2D eigenvalue weighted by molar-refractivity contribution is -0.136. The van der Waals surface area contributed by atoms with E-state index in [1.54, 1.807) is 29.1 Å². The summed E-state index contributed by atoms with van der Waals surface area (Å²) in [6.45, 7) is -0.126. The maximum atomic E-state index is 13.1. The molecule has 0 amide bonds. The van der Waals surface area contributed by atoms with Crippen molar-refractivity contribution in [2.45, 2.75) is 30.3 Å². The van der Waals surface area contributed by atoms with Crippen LogP contribution >= 0.6 is 0 Å². The lowest BCUT2D eigenvalue weighted by atomic mass is 10.2. The predicted molar refractivity (Wildman–Crippen MR) is 103 cm³/mol. The fourth-order valence-corrected chi connectivity index (χ4v) is 4.38. The molecule has 2 heterocycles. The van der Waals surface area contributed by atoms with Gasteiger partial charge in [-0.15, -0.1) is 0 Å². The molecule has 154 valence electrons. The van der Waals surface area contributed by atoms with E-state index in [2.05, 4.69) is 9.71 Å². The van der Waals surface area contributed by atoms with Gasteiger partial charge in [-0.25, -0.2) is 22.5 Å². The maximum Gasteiger partial charge on any atom is 0.307 e. The third kappa shape index (κ3) is 4.97. The number of carboxylic acid groups (broad SMARTS) is 1. The van der Waals surface area contributed by atoms with Crippen LogP contribution in [0.2, 0.25) is 0 Å². The molecular weight excluding hydrogens is 401 g/mol. The van der Waals surface area contributed by atoms with Gasteiger partial charge in [0.1, 0.15) is 11.5 Å². The van der Waals surface area contributed by atoms with Gasteiger partial charge in [0.15, 0.2) is 0 Å². The number of rotatable bonds is 9. The Balaban J connectivity index is 1.89. The fourth-order valence-electron chi connectivity index (χ4n) is 3.12. The molecule has 0 unspecified atom stereocenters. The zero-order valence-electron chi connectivity index (χ0n) is 15.3. The average molecular weight is 421 g/mol. The van der Waals surface area contributed by atoms with Gasteiger partial charge in [-0.1, -0.05) is 0 Å². The number of aliphatic carboxylic acids is 1. The largest absolute Gasteiger partial charge is 0.481 e. The molecule has 3 rings (SSSR count). The van der Waals surface area contributed by atoms with Gasteiger partial charge in [0, 0.05) is 37.0 Å². The zero-order valence-corrected chi connectivity index (χ0v) is 16.1. The molecule has 3 aromatic rings. The molecule has 0 aliphatic heterocycles. The molecule has 1 atom stereocenters. The molecule has 0 spiro atoms. The van der Waals surface area contributed by atoms with Crippen LogP contribution in [0.5, 0.6) is 0 Å². The summed E-state index contributed by atoms with van der Waals surface area (Å²) in [5.74, 6) is -1.54. The molecule has 0 aliphatic carbocycles. The topological polar surface area (TPSA) is 122 Å². The number of fused-ring (bicyclic) bond motifs is 1. The Morgan fingerprint density at radius 3 is 2.62 bits per heavy atom. The predicted octanol–water partition coefficient (Wildman–Crippen LogP) is 1.53. The lowest BCUT2D eigenvalue weighted by Gasteiger charge is -2.19. The van der Waals surface area contributed by atoms with Crippen LogP contribution in [-0.4, -0.2) is 46.8 Å². The van der Waals surface area contributed by atoms with Gasteiger partial charge in [-0.3, -0.25) is 4.79 Å². The van der Waals surface area contributed by atoms with E-state index in [-0.39, 0.29) is 30.9 Å². The van der Waals surface area contributed by atoms with Crippen molar-refractivity contribution in [3.05, 3.63) is 60.2 Å². The minimum absolute atomic E-state index is 0.0936. The summed E-state index contributed by atoms with van der Waals surface area (Å²) < 4.78 is 42.5. The van der Waals surface area contributed by atoms with Gasteiger partial charge in [-0.05, 0) is 48.4 Å². The molecule has 0 radical (unpaired) electrons. The highest BCUT2D eigenvalue weighted by Crippen LogP contribution is 2.21. The highest BCUT2D eigenvalue weighted by Gasteiger charge is 2.22. The first-order valence-corrected chi connectivity index (χ1v) is 10.3. The summed E-state index contributed by atoms with van der Waals surface area (Å²) in [6, 6.07) is 7.18. The first-order valence-electron chi connectivity index (χ1n) is 8.83. The number of halogens is 1. The van der Waals surface area contributed by atoms with Gasteiger partial charge < -0.3 is 14.8 Å². The number of benzene rings is 1. The monoisotopic (exact) mass is 421 g/mol. The van der Waals surface area contributed by atoms with Crippen LogP contribution < -0.4 is 4.72 Å². The number of sulfonamides is 1. The number of hydrogen-bond acceptors (Lipinski definition) is 5. The van der Waals surface area contributed by atoms with Crippen molar-refractivity contribution in [3.8, 4) is 0 Å². The maximum absolute atomic E-state index is 13.1. The number of aliphatic hydroxyl groups is 1. The van der Waals surface area contributed by atoms with Gasteiger partial charge in [-0.2, -0.15) is 0 Å². The number of carboxylic acids is 1. The number of hydrogen-bond donors (Lipinski definition) is 3. The van der Waals surface area contributed by atoms with Crippen molar-refractivity contribution in [1.29, 1.82) is 0 Å². The van der Waals surface area contributed by atoms with Crippen LogP contribution in [0.25, 0.3) is 11.0 Å². The minimum Gasteiger partial charge on any atom is -0.481 e. The number of carbonyl (C=O) groups is 1. The quantitative estimate of drug-likeness (QED) is 0.482. The second-order valence-corrected chi connectivity index (χ2v) is 8.25. The number of aliphatic hydroxyl groups excluding tert-OH is 1. The Hall–Kier alpha value is -2.82. The molecular formula is C19H20FN3O5S. The molecule has 10 heteroatoms. The summed E-state index contributed by atoms with van der Waals surface area (Å²) in [5.41, 5.74) is 1.08. The van der Waals surface area contributed by atoms with Crippen LogP contribution in [0.4, 0.5) is 4.39 Å². The highest BCUT2D eigenvalue weighted by atomic mass is 32.2. The summed E-state index contributed by atoms with van der Waals surface area (Å²) in [6.07, 6.45) is 3.12. The van der Waals surface area contributed by atoms with Crippen LogP contribution in [0.3, 0.4) is 0 Å². The third-order valence-electron chi connectivity index (χ3n) is 4.40.